The Kier molecular flexibility index (Phi) is 3.09. The second kappa shape index (κ2) is 4.19. The number of benzene rings is 1. The molecule has 100 valence electrons. The van der Waals surface area contributed by atoms with Crippen molar-refractivity contribution in [2.45, 2.75) is 25.2 Å². The van der Waals surface area contributed by atoms with Crippen molar-refractivity contribution in [2.75, 3.05) is 6.54 Å². The lowest BCUT2D eigenvalue weighted by molar-refractivity contribution is -0.157. The predicted molar refractivity (Wildman–Crippen MR) is 55.7 cm³/mol. The molecule has 0 amide bonds. The van der Waals surface area contributed by atoms with E-state index < -0.39 is 41.6 Å². The topological polar surface area (TPSA) is 26.0 Å². The zero-order chi connectivity index (χ0) is 13.6. The van der Waals surface area contributed by atoms with Gasteiger partial charge in [-0.15, -0.1) is 0 Å². The van der Waals surface area contributed by atoms with Crippen molar-refractivity contribution in [3.8, 4) is 0 Å². The van der Waals surface area contributed by atoms with Gasteiger partial charge in [0.2, 0.25) is 5.92 Å². The Bertz CT molecular complexity index is 464. The summed E-state index contributed by atoms with van der Waals surface area (Å²) in [4.78, 5) is 0. The Hall–Kier alpha value is -1.17. The molecular weight excluding hydrogens is 253 g/mol. The minimum Gasteiger partial charge on any atom is -0.330 e. The van der Waals surface area contributed by atoms with Crippen LogP contribution in [0.2, 0.25) is 0 Å². The lowest BCUT2D eigenvalue weighted by Gasteiger charge is -2.47. The van der Waals surface area contributed by atoms with E-state index in [2.05, 4.69) is 0 Å². The molecule has 0 saturated heterocycles. The zero-order valence-corrected chi connectivity index (χ0v) is 9.45. The number of nitrogens with two attached hydrogens (primary N) is 1. The van der Waals surface area contributed by atoms with E-state index in [-0.39, 0.29) is 18.5 Å². The summed E-state index contributed by atoms with van der Waals surface area (Å²) in [6, 6.07) is 1.13. The lowest BCUT2D eigenvalue weighted by Crippen LogP contribution is -2.51. The van der Waals surface area contributed by atoms with E-state index in [0.717, 1.165) is 0 Å². The van der Waals surface area contributed by atoms with E-state index in [9.17, 15) is 22.0 Å². The molecule has 1 aliphatic carbocycles. The summed E-state index contributed by atoms with van der Waals surface area (Å²) in [5.74, 6) is -6.22. The highest BCUT2D eigenvalue weighted by Gasteiger charge is 2.55. The van der Waals surface area contributed by atoms with Gasteiger partial charge >= 0.3 is 0 Å². The van der Waals surface area contributed by atoms with E-state index in [1.54, 1.807) is 0 Å². The molecule has 2 N–H and O–H groups in total. The minimum atomic E-state index is -2.80. The predicted octanol–water partition coefficient (Wildman–Crippen LogP) is 3.02. The Morgan fingerprint density at radius 3 is 2.06 bits per heavy atom. The third-order valence-corrected chi connectivity index (χ3v) is 3.36. The van der Waals surface area contributed by atoms with Gasteiger partial charge < -0.3 is 5.73 Å². The maximum Gasteiger partial charge on any atom is 0.249 e. The van der Waals surface area contributed by atoms with Gasteiger partial charge in [0.1, 0.15) is 5.82 Å². The molecule has 0 aliphatic heterocycles. The number of rotatable bonds is 3. The van der Waals surface area contributed by atoms with Gasteiger partial charge in [-0.1, -0.05) is 0 Å². The molecule has 0 bridgehead atoms. The van der Waals surface area contributed by atoms with Crippen LogP contribution in [0.1, 0.15) is 18.4 Å². The van der Waals surface area contributed by atoms with Crippen molar-refractivity contribution in [1.82, 2.24) is 0 Å². The van der Waals surface area contributed by atoms with Gasteiger partial charge in [0.05, 0.1) is 0 Å². The van der Waals surface area contributed by atoms with Crippen molar-refractivity contribution in [3.63, 3.8) is 0 Å². The van der Waals surface area contributed by atoms with Crippen LogP contribution in [0.3, 0.4) is 0 Å². The Balaban J connectivity index is 2.21. The summed E-state index contributed by atoms with van der Waals surface area (Å²) in [7, 11) is 0. The quantitative estimate of drug-likeness (QED) is 0.659. The van der Waals surface area contributed by atoms with E-state index >= 15 is 0 Å². The van der Waals surface area contributed by atoms with Crippen LogP contribution in [0, 0.1) is 22.9 Å². The van der Waals surface area contributed by atoms with Gasteiger partial charge in [0.15, 0.2) is 11.6 Å². The Morgan fingerprint density at radius 2 is 1.56 bits per heavy atom. The van der Waals surface area contributed by atoms with Crippen LogP contribution in [0.5, 0.6) is 0 Å². The van der Waals surface area contributed by atoms with Gasteiger partial charge in [0.25, 0.3) is 0 Å². The van der Waals surface area contributed by atoms with E-state index in [1.165, 1.54) is 0 Å². The molecule has 0 radical (unpaired) electrons. The highest BCUT2D eigenvalue weighted by molar-refractivity contribution is 5.23. The van der Waals surface area contributed by atoms with Crippen molar-refractivity contribution in [3.05, 3.63) is 35.1 Å². The Labute approximate surface area is 101 Å². The monoisotopic (exact) mass is 265 g/mol. The molecule has 0 heterocycles. The molecule has 1 saturated carbocycles. The highest BCUT2D eigenvalue weighted by atomic mass is 19.3. The molecule has 0 atom stereocenters. The normalized spacial score (nSPS) is 20.6. The number of alkyl halides is 2. The third kappa shape index (κ3) is 2.34. The Morgan fingerprint density at radius 1 is 1.00 bits per heavy atom. The van der Waals surface area contributed by atoms with Crippen LogP contribution in [-0.2, 0) is 6.42 Å². The highest BCUT2D eigenvalue weighted by Crippen LogP contribution is 2.53. The smallest absolute Gasteiger partial charge is 0.249 e. The maximum atomic E-state index is 13.4. The molecule has 2 rings (SSSR count). The molecule has 18 heavy (non-hydrogen) atoms. The maximum absolute atomic E-state index is 13.4. The fraction of sp³-hybridized carbons (Fsp3) is 0.500. The summed E-state index contributed by atoms with van der Waals surface area (Å²) < 4.78 is 64.9. The van der Waals surface area contributed by atoms with Crippen LogP contribution >= 0.6 is 0 Å². The number of hydrogen-bond acceptors (Lipinski definition) is 1. The molecule has 1 nitrogen and oxygen atoms in total. The van der Waals surface area contributed by atoms with E-state index in [4.69, 9.17) is 5.73 Å². The fourth-order valence-corrected chi connectivity index (χ4v) is 2.49. The summed E-state index contributed by atoms with van der Waals surface area (Å²) in [6.07, 6.45) is -1.01. The largest absolute Gasteiger partial charge is 0.330 e. The number of hydrogen-bond donors (Lipinski definition) is 1. The van der Waals surface area contributed by atoms with Gasteiger partial charge in [-0.05, 0) is 30.0 Å². The zero-order valence-electron chi connectivity index (χ0n) is 9.45. The molecule has 0 spiro atoms. The molecule has 1 aromatic rings. The average molecular weight is 265 g/mol. The van der Waals surface area contributed by atoms with Crippen molar-refractivity contribution in [1.29, 1.82) is 0 Å². The van der Waals surface area contributed by atoms with Crippen molar-refractivity contribution in [2.24, 2.45) is 11.1 Å². The lowest BCUT2D eigenvalue weighted by atomic mass is 9.63. The molecule has 1 fully saturated rings. The fourth-order valence-electron chi connectivity index (χ4n) is 2.49. The second-order valence-corrected chi connectivity index (χ2v) is 4.95. The van der Waals surface area contributed by atoms with Gasteiger partial charge in [0, 0.05) is 18.9 Å². The molecule has 1 aromatic carbocycles. The van der Waals surface area contributed by atoms with Gasteiger partial charge in [-0.25, -0.2) is 22.0 Å². The first-order chi connectivity index (χ1) is 8.27. The number of halogens is 5. The summed E-state index contributed by atoms with van der Waals surface area (Å²) in [6.45, 7) is -0.0406. The van der Waals surface area contributed by atoms with Crippen LogP contribution in [-0.4, -0.2) is 12.5 Å². The van der Waals surface area contributed by atoms with Crippen LogP contribution < -0.4 is 5.73 Å². The molecule has 0 unspecified atom stereocenters. The van der Waals surface area contributed by atoms with Gasteiger partial charge in [-0.3, -0.25) is 0 Å². The van der Waals surface area contributed by atoms with E-state index in [1.807, 2.05) is 0 Å². The molecule has 6 heteroatoms. The first-order valence-electron chi connectivity index (χ1n) is 5.48. The van der Waals surface area contributed by atoms with Crippen molar-refractivity contribution >= 4 is 0 Å². The SMILES string of the molecule is NCC1(Cc2cc(F)c(F)cc2F)CC(F)(F)C1. The van der Waals surface area contributed by atoms with Gasteiger partial charge in [-0.2, -0.15) is 0 Å². The van der Waals surface area contributed by atoms with Crippen LogP contribution in [0.25, 0.3) is 0 Å². The van der Waals surface area contributed by atoms with Crippen molar-refractivity contribution < 1.29 is 22.0 Å². The first-order valence-corrected chi connectivity index (χ1v) is 5.48. The average Bonchev–Trinajstić information content (AvgIpc) is 2.23. The van der Waals surface area contributed by atoms with E-state index in [0.29, 0.717) is 12.1 Å². The molecular formula is C12H12F5N. The molecule has 0 aromatic heterocycles. The summed E-state index contributed by atoms with van der Waals surface area (Å²) >= 11 is 0. The third-order valence-electron chi connectivity index (χ3n) is 3.36. The second-order valence-electron chi connectivity index (χ2n) is 4.95. The first kappa shape index (κ1) is 13.3. The minimum absolute atomic E-state index is 0.0406. The summed E-state index contributed by atoms with van der Waals surface area (Å²) in [5, 5.41) is 0. The standard InChI is InChI=1S/C12H12F5N/c13-8-2-10(15)9(14)1-7(8)3-11(6-18)4-12(16,17)5-11/h1-2H,3-6,18H2. The summed E-state index contributed by atoms with van der Waals surface area (Å²) in [5.41, 5.74) is 4.39. The molecule has 1 aliphatic rings. The van der Waals surface area contributed by atoms with Crippen LogP contribution in [0.4, 0.5) is 22.0 Å². The van der Waals surface area contributed by atoms with Crippen LogP contribution in [0.15, 0.2) is 12.1 Å².